The molecular weight excluding hydrogens is 168 g/mol. The van der Waals surface area contributed by atoms with Crippen molar-refractivity contribution < 1.29 is 9.90 Å². The lowest BCUT2D eigenvalue weighted by Gasteiger charge is -2.32. The Balaban J connectivity index is 2.37. The molecule has 0 aromatic heterocycles. The molecule has 0 aromatic carbocycles. The van der Waals surface area contributed by atoms with Crippen LogP contribution in [0.4, 0.5) is 0 Å². The molecule has 0 aliphatic carbocycles. The quantitative estimate of drug-likeness (QED) is 0.629. The zero-order valence-corrected chi connectivity index (χ0v) is 8.12. The van der Waals surface area contributed by atoms with Crippen LogP contribution in [0, 0.1) is 0 Å². The van der Waals surface area contributed by atoms with Gasteiger partial charge in [-0.1, -0.05) is 6.92 Å². The standard InChI is InChI=1S/C9H18N2O2/c1-2-3-9(13)11-5-4-10-8(6-11)7-12/h8,10,12H,2-7H2,1H3. The maximum Gasteiger partial charge on any atom is 0.222 e. The number of aliphatic hydroxyl groups excluding tert-OH is 1. The minimum atomic E-state index is 0.0644. The van der Waals surface area contributed by atoms with Gasteiger partial charge in [0.1, 0.15) is 0 Å². The Morgan fingerprint density at radius 2 is 2.46 bits per heavy atom. The summed E-state index contributed by atoms with van der Waals surface area (Å²) in [6.07, 6.45) is 1.52. The molecule has 1 atom stereocenters. The van der Waals surface area contributed by atoms with Crippen molar-refractivity contribution in [1.29, 1.82) is 0 Å². The monoisotopic (exact) mass is 186 g/mol. The number of carbonyl (C=O) groups is 1. The summed E-state index contributed by atoms with van der Waals surface area (Å²) in [7, 11) is 0. The number of carbonyl (C=O) groups excluding carboxylic acids is 1. The molecule has 1 rings (SSSR count). The lowest BCUT2D eigenvalue weighted by molar-refractivity contribution is -0.132. The van der Waals surface area contributed by atoms with Gasteiger partial charge in [-0.25, -0.2) is 0 Å². The second kappa shape index (κ2) is 5.19. The summed E-state index contributed by atoms with van der Waals surface area (Å²) in [6, 6.07) is 0.0644. The van der Waals surface area contributed by atoms with Crippen LogP contribution in [0.2, 0.25) is 0 Å². The van der Waals surface area contributed by atoms with E-state index >= 15 is 0 Å². The fourth-order valence-electron chi connectivity index (χ4n) is 1.55. The van der Waals surface area contributed by atoms with Gasteiger partial charge in [0.2, 0.25) is 5.91 Å². The van der Waals surface area contributed by atoms with E-state index in [-0.39, 0.29) is 18.6 Å². The van der Waals surface area contributed by atoms with Crippen LogP contribution < -0.4 is 5.32 Å². The summed E-state index contributed by atoms with van der Waals surface area (Å²) >= 11 is 0. The molecule has 0 aromatic rings. The molecule has 0 saturated carbocycles. The van der Waals surface area contributed by atoms with E-state index in [9.17, 15) is 4.79 Å². The van der Waals surface area contributed by atoms with Gasteiger partial charge in [-0.3, -0.25) is 4.79 Å². The topological polar surface area (TPSA) is 52.6 Å². The van der Waals surface area contributed by atoms with Gasteiger partial charge in [-0.15, -0.1) is 0 Å². The van der Waals surface area contributed by atoms with Gasteiger partial charge < -0.3 is 15.3 Å². The van der Waals surface area contributed by atoms with Crippen LogP contribution in [0.5, 0.6) is 0 Å². The van der Waals surface area contributed by atoms with E-state index in [1.807, 2.05) is 11.8 Å². The Labute approximate surface area is 78.9 Å². The van der Waals surface area contributed by atoms with Crippen molar-refractivity contribution in [1.82, 2.24) is 10.2 Å². The summed E-state index contributed by atoms with van der Waals surface area (Å²) in [5.74, 6) is 0.211. The van der Waals surface area contributed by atoms with Crippen molar-refractivity contribution in [3.63, 3.8) is 0 Å². The first-order valence-electron chi connectivity index (χ1n) is 4.90. The molecule has 1 heterocycles. The number of aliphatic hydroxyl groups is 1. The fraction of sp³-hybridized carbons (Fsp3) is 0.889. The minimum absolute atomic E-state index is 0.0644. The molecule has 0 radical (unpaired) electrons. The number of nitrogens with one attached hydrogen (secondary N) is 1. The van der Waals surface area contributed by atoms with Gasteiger partial charge in [0.05, 0.1) is 6.61 Å². The molecular formula is C9H18N2O2. The van der Waals surface area contributed by atoms with E-state index in [1.165, 1.54) is 0 Å². The lowest BCUT2D eigenvalue weighted by Crippen LogP contribution is -2.53. The first-order valence-corrected chi connectivity index (χ1v) is 4.90. The summed E-state index contributed by atoms with van der Waals surface area (Å²) in [6.45, 7) is 4.32. The molecule has 4 heteroatoms. The highest BCUT2D eigenvalue weighted by Gasteiger charge is 2.21. The molecule has 76 valence electrons. The third-order valence-corrected chi connectivity index (χ3v) is 2.29. The van der Waals surface area contributed by atoms with Crippen molar-refractivity contribution in [2.45, 2.75) is 25.8 Å². The third-order valence-electron chi connectivity index (χ3n) is 2.29. The highest BCUT2D eigenvalue weighted by molar-refractivity contribution is 5.76. The molecule has 1 amide bonds. The molecule has 1 unspecified atom stereocenters. The smallest absolute Gasteiger partial charge is 0.222 e. The van der Waals surface area contributed by atoms with Crippen LogP contribution in [0.1, 0.15) is 19.8 Å². The van der Waals surface area contributed by atoms with Crippen molar-refractivity contribution in [2.75, 3.05) is 26.2 Å². The summed E-state index contributed by atoms with van der Waals surface area (Å²) in [4.78, 5) is 13.3. The molecule has 0 spiro atoms. The Hall–Kier alpha value is -0.610. The Kier molecular flexibility index (Phi) is 4.18. The molecule has 1 saturated heterocycles. The number of amides is 1. The van der Waals surface area contributed by atoms with Crippen LogP contribution in [-0.4, -0.2) is 48.2 Å². The van der Waals surface area contributed by atoms with Crippen molar-refractivity contribution >= 4 is 5.91 Å². The highest BCUT2D eigenvalue weighted by atomic mass is 16.3. The van der Waals surface area contributed by atoms with E-state index in [0.717, 1.165) is 19.5 Å². The normalized spacial score (nSPS) is 23.2. The maximum atomic E-state index is 11.5. The molecule has 13 heavy (non-hydrogen) atoms. The summed E-state index contributed by atoms with van der Waals surface area (Å²) in [5.41, 5.74) is 0. The van der Waals surface area contributed by atoms with E-state index in [2.05, 4.69) is 5.32 Å². The second-order valence-corrected chi connectivity index (χ2v) is 3.42. The minimum Gasteiger partial charge on any atom is -0.395 e. The zero-order valence-electron chi connectivity index (χ0n) is 8.12. The van der Waals surface area contributed by atoms with Crippen LogP contribution in [0.25, 0.3) is 0 Å². The average Bonchev–Trinajstić information content (AvgIpc) is 2.18. The molecule has 0 bridgehead atoms. The van der Waals surface area contributed by atoms with Crippen LogP contribution >= 0.6 is 0 Å². The van der Waals surface area contributed by atoms with Crippen LogP contribution in [0.15, 0.2) is 0 Å². The first-order chi connectivity index (χ1) is 6.27. The third kappa shape index (κ3) is 2.97. The lowest BCUT2D eigenvalue weighted by atomic mass is 10.2. The van der Waals surface area contributed by atoms with Gasteiger partial charge in [-0.2, -0.15) is 0 Å². The van der Waals surface area contributed by atoms with Crippen molar-refractivity contribution in [3.05, 3.63) is 0 Å². The SMILES string of the molecule is CCCC(=O)N1CCNC(CO)C1. The predicted molar refractivity (Wildman–Crippen MR) is 50.4 cm³/mol. The Bertz CT molecular complexity index is 173. The van der Waals surface area contributed by atoms with Gasteiger partial charge in [-0.05, 0) is 6.42 Å². The van der Waals surface area contributed by atoms with Crippen LogP contribution in [-0.2, 0) is 4.79 Å². The zero-order chi connectivity index (χ0) is 9.68. The number of hydrogen-bond acceptors (Lipinski definition) is 3. The Morgan fingerprint density at radius 1 is 1.69 bits per heavy atom. The molecule has 2 N–H and O–H groups in total. The molecule has 1 fully saturated rings. The highest BCUT2D eigenvalue weighted by Crippen LogP contribution is 2.02. The van der Waals surface area contributed by atoms with Gasteiger partial charge in [0.15, 0.2) is 0 Å². The summed E-state index contributed by atoms with van der Waals surface area (Å²) in [5, 5.41) is 12.1. The largest absolute Gasteiger partial charge is 0.395 e. The van der Waals surface area contributed by atoms with Crippen LogP contribution in [0.3, 0.4) is 0 Å². The number of rotatable bonds is 3. The average molecular weight is 186 g/mol. The first kappa shape index (κ1) is 10.5. The number of piperazine rings is 1. The van der Waals surface area contributed by atoms with Crippen molar-refractivity contribution in [3.8, 4) is 0 Å². The van der Waals surface area contributed by atoms with Gasteiger partial charge in [0.25, 0.3) is 0 Å². The van der Waals surface area contributed by atoms with E-state index in [4.69, 9.17) is 5.11 Å². The van der Waals surface area contributed by atoms with E-state index in [1.54, 1.807) is 0 Å². The molecule has 4 nitrogen and oxygen atoms in total. The molecule has 1 aliphatic heterocycles. The van der Waals surface area contributed by atoms with Gasteiger partial charge in [0, 0.05) is 32.1 Å². The number of hydrogen-bond donors (Lipinski definition) is 2. The predicted octanol–water partition coefficient (Wildman–Crippen LogP) is -0.421. The maximum absolute atomic E-state index is 11.5. The van der Waals surface area contributed by atoms with Gasteiger partial charge >= 0.3 is 0 Å². The Morgan fingerprint density at radius 3 is 3.08 bits per heavy atom. The second-order valence-electron chi connectivity index (χ2n) is 3.42. The number of nitrogens with zero attached hydrogens (tertiary/aromatic N) is 1. The fourth-order valence-corrected chi connectivity index (χ4v) is 1.55. The van der Waals surface area contributed by atoms with E-state index in [0.29, 0.717) is 13.0 Å². The van der Waals surface area contributed by atoms with Crippen molar-refractivity contribution in [2.24, 2.45) is 0 Å². The van der Waals surface area contributed by atoms with E-state index < -0.39 is 0 Å². The molecule has 1 aliphatic rings. The summed E-state index contributed by atoms with van der Waals surface area (Å²) < 4.78 is 0.